The number of carbonyl (C=O) groups excluding carboxylic acids is 2. The number of para-hydroxylation sites is 1. The molecule has 2 aliphatic rings. The summed E-state index contributed by atoms with van der Waals surface area (Å²) in [5, 5.41) is 5.64. The molecule has 2 fully saturated rings. The van der Waals surface area contributed by atoms with E-state index in [0.717, 1.165) is 19.4 Å². The molecule has 0 unspecified atom stereocenters. The SMILES string of the molecule is C[C@@]1(C(=O)Nc2ccccc2C(=O)NC[C@@H]2CCCO2)CC1(Cl)Cl. The van der Waals surface area contributed by atoms with Crippen LogP contribution in [0.25, 0.3) is 0 Å². The van der Waals surface area contributed by atoms with Gasteiger partial charge in [0, 0.05) is 13.2 Å². The second kappa shape index (κ2) is 6.54. The summed E-state index contributed by atoms with van der Waals surface area (Å²) >= 11 is 12.1. The van der Waals surface area contributed by atoms with Gasteiger partial charge in [0.05, 0.1) is 22.8 Å². The number of amides is 2. The first-order chi connectivity index (χ1) is 11.3. The van der Waals surface area contributed by atoms with Crippen molar-refractivity contribution in [2.24, 2.45) is 5.41 Å². The molecule has 130 valence electrons. The lowest BCUT2D eigenvalue weighted by Crippen LogP contribution is -2.33. The Morgan fingerprint density at radius 3 is 2.67 bits per heavy atom. The number of anilines is 1. The first-order valence-electron chi connectivity index (χ1n) is 8.02. The summed E-state index contributed by atoms with van der Waals surface area (Å²) in [4.78, 5) is 24.8. The maximum Gasteiger partial charge on any atom is 0.253 e. The van der Waals surface area contributed by atoms with Gasteiger partial charge in [-0.15, -0.1) is 23.2 Å². The van der Waals surface area contributed by atoms with Gasteiger partial charge < -0.3 is 15.4 Å². The maximum absolute atomic E-state index is 12.4. The molecule has 2 amide bonds. The smallest absolute Gasteiger partial charge is 0.253 e. The predicted octanol–water partition coefficient (Wildman–Crippen LogP) is 3.12. The summed E-state index contributed by atoms with van der Waals surface area (Å²) in [6, 6.07) is 6.87. The molecule has 1 aromatic rings. The molecule has 3 rings (SSSR count). The Labute approximate surface area is 151 Å². The highest BCUT2D eigenvalue weighted by atomic mass is 35.5. The molecule has 24 heavy (non-hydrogen) atoms. The third-order valence-electron chi connectivity index (χ3n) is 4.69. The van der Waals surface area contributed by atoms with Crippen LogP contribution in [0.3, 0.4) is 0 Å². The van der Waals surface area contributed by atoms with Gasteiger partial charge in [-0.25, -0.2) is 0 Å². The van der Waals surface area contributed by atoms with E-state index < -0.39 is 9.75 Å². The van der Waals surface area contributed by atoms with Crippen molar-refractivity contribution < 1.29 is 14.3 Å². The molecule has 0 spiro atoms. The van der Waals surface area contributed by atoms with Crippen molar-refractivity contribution in [2.45, 2.75) is 36.6 Å². The van der Waals surface area contributed by atoms with E-state index >= 15 is 0 Å². The molecule has 0 aromatic heterocycles. The quantitative estimate of drug-likeness (QED) is 0.782. The van der Waals surface area contributed by atoms with E-state index in [1.807, 2.05) is 0 Å². The van der Waals surface area contributed by atoms with Gasteiger partial charge in [-0.1, -0.05) is 12.1 Å². The monoisotopic (exact) mass is 370 g/mol. The lowest BCUT2D eigenvalue weighted by atomic mass is 10.1. The predicted molar refractivity (Wildman–Crippen MR) is 93.5 cm³/mol. The zero-order chi connectivity index (χ0) is 17.4. The van der Waals surface area contributed by atoms with Crippen LogP contribution in [0, 0.1) is 5.41 Å². The summed E-state index contributed by atoms with van der Waals surface area (Å²) < 4.78 is 4.45. The topological polar surface area (TPSA) is 67.4 Å². The Kier molecular flexibility index (Phi) is 4.78. The summed E-state index contributed by atoms with van der Waals surface area (Å²) in [6.45, 7) is 2.91. The van der Waals surface area contributed by atoms with Crippen molar-refractivity contribution in [2.75, 3.05) is 18.5 Å². The maximum atomic E-state index is 12.4. The molecule has 1 aromatic carbocycles. The first-order valence-corrected chi connectivity index (χ1v) is 8.77. The number of benzene rings is 1. The third-order valence-corrected chi connectivity index (χ3v) is 5.79. The van der Waals surface area contributed by atoms with Gasteiger partial charge >= 0.3 is 0 Å². The minimum Gasteiger partial charge on any atom is -0.376 e. The Morgan fingerprint density at radius 2 is 2.04 bits per heavy atom. The van der Waals surface area contributed by atoms with Crippen LogP contribution in [0.2, 0.25) is 0 Å². The fraction of sp³-hybridized carbons (Fsp3) is 0.529. The highest BCUT2D eigenvalue weighted by Crippen LogP contribution is 2.64. The number of rotatable bonds is 5. The molecular weight excluding hydrogens is 351 g/mol. The van der Waals surface area contributed by atoms with Gasteiger partial charge in [0.1, 0.15) is 4.33 Å². The van der Waals surface area contributed by atoms with E-state index in [9.17, 15) is 9.59 Å². The van der Waals surface area contributed by atoms with Crippen molar-refractivity contribution >= 4 is 40.7 Å². The number of nitrogens with one attached hydrogen (secondary N) is 2. The molecule has 1 saturated heterocycles. The minimum atomic E-state index is -1.05. The van der Waals surface area contributed by atoms with Crippen LogP contribution in [-0.4, -0.2) is 35.4 Å². The fourth-order valence-corrected chi connectivity index (χ4v) is 3.51. The number of hydrogen-bond acceptors (Lipinski definition) is 3. The minimum absolute atomic E-state index is 0.0641. The first kappa shape index (κ1) is 17.5. The zero-order valence-corrected chi connectivity index (χ0v) is 14.9. The second-order valence-electron chi connectivity index (χ2n) is 6.56. The van der Waals surface area contributed by atoms with Crippen molar-refractivity contribution in [3.63, 3.8) is 0 Å². The van der Waals surface area contributed by atoms with Crippen molar-refractivity contribution in [1.29, 1.82) is 0 Å². The zero-order valence-electron chi connectivity index (χ0n) is 13.4. The summed E-state index contributed by atoms with van der Waals surface area (Å²) in [6.07, 6.45) is 2.42. The van der Waals surface area contributed by atoms with E-state index in [1.165, 1.54) is 0 Å². The van der Waals surface area contributed by atoms with Crippen LogP contribution in [0.1, 0.15) is 36.5 Å². The number of alkyl halides is 2. The number of carbonyl (C=O) groups is 2. The van der Waals surface area contributed by atoms with Crippen molar-refractivity contribution in [1.82, 2.24) is 5.32 Å². The summed E-state index contributed by atoms with van der Waals surface area (Å²) in [7, 11) is 0. The normalized spacial score (nSPS) is 27.5. The van der Waals surface area contributed by atoms with E-state index in [1.54, 1.807) is 31.2 Å². The summed E-state index contributed by atoms with van der Waals surface area (Å²) in [5.74, 6) is -0.530. The van der Waals surface area contributed by atoms with E-state index in [2.05, 4.69) is 10.6 Å². The highest BCUT2D eigenvalue weighted by Gasteiger charge is 2.67. The Hall–Kier alpha value is -1.30. The van der Waals surface area contributed by atoms with E-state index in [4.69, 9.17) is 27.9 Å². The molecule has 1 saturated carbocycles. The van der Waals surface area contributed by atoms with Crippen molar-refractivity contribution in [3.8, 4) is 0 Å². The molecule has 1 aliphatic heterocycles. The molecule has 0 bridgehead atoms. The largest absolute Gasteiger partial charge is 0.376 e. The van der Waals surface area contributed by atoms with Gasteiger partial charge in [-0.3, -0.25) is 9.59 Å². The van der Waals surface area contributed by atoms with Crippen LogP contribution in [-0.2, 0) is 9.53 Å². The van der Waals surface area contributed by atoms with E-state index in [0.29, 0.717) is 24.2 Å². The van der Waals surface area contributed by atoms with Gasteiger partial charge in [0.25, 0.3) is 5.91 Å². The van der Waals surface area contributed by atoms with Gasteiger partial charge in [0.15, 0.2) is 0 Å². The molecule has 7 heteroatoms. The second-order valence-corrected chi connectivity index (χ2v) is 8.04. The standard InChI is InChI=1S/C17H20Cl2N2O3/c1-16(10-17(16,18)19)15(23)21-13-7-3-2-6-12(13)14(22)20-9-11-5-4-8-24-11/h2-3,6-7,11H,4-5,8-10H2,1H3,(H,20,22)(H,21,23)/t11-,16-/m0/s1. The van der Waals surface area contributed by atoms with Crippen LogP contribution >= 0.6 is 23.2 Å². The number of hydrogen-bond donors (Lipinski definition) is 2. The van der Waals surface area contributed by atoms with Gasteiger partial charge in [-0.2, -0.15) is 0 Å². The number of halogens is 2. The third kappa shape index (κ3) is 3.39. The molecule has 1 aliphatic carbocycles. The molecule has 2 atom stereocenters. The summed E-state index contributed by atoms with van der Waals surface area (Å²) in [5.41, 5.74) is 0.0182. The Balaban J connectivity index is 1.66. The molecule has 2 N–H and O–H groups in total. The highest BCUT2D eigenvalue weighted by molar-refractivity contribution is 6.53. The Morgan fingerprint density at radius 1 is 1.33 bits per heavy atom. The van der Waals surface area contributed by atoms with Gasteiger partial charge in [0.2, 0.25) is 5.91 Å². The lowest BCUT2D eigenvalue weighted by molar-refractivity contribution is -0.120. The van der Waals surface area contributed by atoms with Crippen LogP contribution in [0.4, 0.5) is 5.69 Å². The fourth-order valence-electron chi connectivity index (χ4n) is 2.80. The molecular formula is C17H20Cl2N2O3. The van der Waals surface area contributed by atoms with Crippen molar-refractivity contribution in [3.05, 3.63) is 29.8 Å². The molecule has 0 radical (unpaired) electrons. The van der Waals surface area contributed by atoms with Crippen LogP contribution in [0.5, 0.6) is 0 Å². The van der Waals surface area contributed by atoms with Gasteiger partial charge in [-0.05, 0) is 38.3 Å². The van der Waals surface area contributed by atoms with E-state index in [-0.39, 0.29) is 17.9 Å². The van der Waals surface area contributed by atoms with Crippen LogP contribution < -0.4 is 10.6 Å². The Bertz CT molecular complexity index is 659. The average molecular weight is 371 g/mol. The lowest BCUT2D eigenvalue weighted by Gasteiger charge is -2.16. The molecule has 5 nitrogen and oxygen atoms in total. The average Bonchev–Trinajstić information content (AvgIpc) is 2.93. The molecule has 1 heterocycles. The number of ether oxygens (including phenoxy) is 1. The van der Waals surface area contributed by atoms with Crippen LogP contribution in [0.15, 0.2) is 24.3 Å².